The van der Waals surface area contributed by atoms with Crippen molar-refractivity contribution >= 4 is 17.2 Å². The maximum absolute atomic E-state index is 5.61. The summed E-state index contributed by atoms with van der Waals surface area (Å²) < 4.78 is 7.46. The van der Waals surface area contributed by atoms with Crippen molar-refractivity contribution in [3.8, 4) is 16.9 Å². The molecule has 4 aromatic rings. The molecule has 28 heavy (non-hydrogen) atoms. The van der Waals surface area contributed by atoms with Crippen LogP contribution in [-0.2, 0) is 6.54 Å². The highest BCUT2D eigenvalue weighted by molar-refractivity contribution is 5.81. The number of hydrogen-bond donors (Lipinski definition) is 2. The molecule has 2 aromatic heterocycles. The maximum atomic E-state index is 5.61. The molecule has 0 saturated heterocycles. The SMILES string of the molecule is Cc1ccc(CNc2ccnc3c(-c4ccc5c(c4)OCN5)cnn23)c(C)c1. The van der Waals surface area contributed by atoms with Gasteiger partial charge in [-0.1, -0.05) is 29.8 Å². The number of aromatic nitrogens is 3. The highest BCUT2D eigenvalue weighted by Gasteiger charge is 2.15. The van der Waals surface area contributed by atoms with Crippen LogP contribution < -0.4 is 15.4 Å². The van der Waals surface area contributed by atoms with Crippen LogP contribution in [0.2, 0.25) is 0 Å². The molecular weight excluding hydrogens is 350 g/mol. The number of rotatable bonds is 4. The maximum Gasteiger partial charge on any atom is 0.165 e. The number of hydrogen-bond acceptors (Lipinski definition) is 5. The second kappa shape index (κ2) is 6.56. The molecule has 2 N–H and O–H groups in total. The molecule has 0 saturated carbocycles. The first kappa shape index (κ1) is 16.6. The van der Waals surface area contributed by atoms with Crippen molar-refractivity contribution < 1.29 is 4.74 Å². The van der Waals surface area contributed by atoms with E-state index in [1.54, 1.807) is 0 Å². The van der Waals surface area contributed by atoms with Gasteiger partial charge in [-0.25, -0.2) is 4.98 Å². The van der Waals surface area contributed by atoms with E-state index in [1.807, 2.05) is 35.1 Å². The van der Waals surface area contributed by atoms with Gasteiger partial charge in [0.25, 0.3) is 0 Å². The van der Waals surface area contributed by atoms with Crippen molar-refractivity contribution in [1.29, 1.82) is 0 Å². The minimum atomic E-state index is 0.512. The van der Waals surface area contributed by atoms with Crippen molar-refractivity contribution in [1.82, 2.24) is 14.6 Å². The standard InChI is InChI=1S/C22H21N5O/c1-14-3-4-17(15(2)9-14)11-24-21-7-8-23-22-18(12-26-27(21)22)16-5-6-19-20(10-16)28-13-25-19/h3-10,12,24-25H,11,13H2,1-2H3. The van der Waals surface area contributed by atoms with E-state index in [0.29, 0.717) is 6.73 Å². The molecule has 6 heteroatoms. The van der Waals surface area contributed by atoms with Crippen LogP contribution in [0.3, 0.4) is 0 Å². The van der Waals surface area contributed by atoms with Crippen molar-refractivity contribution in [3.63, 3.8) is 0 Å². The van der Waals surface area contributed by atoms with Gasteiger partial charge in [-0.2, -0.15) is 9.61 Å². The molecule has 140 valence electrons. The Bertz CT molecular complexity index is 1180. The minimum Gasteiger partial charge on any atom is -0.471 e. The largest absolute Gasteiger partial charge is 0.471 e. The molecule has 1 aliphatic heterocycles. The molecule has 2 aromatic carbocycles. The quantitative estimate of drug-likeness (QED) is 0.557. The van der Waals surface area contributed by atoms with Crippen LogP contribution in [0.5, 0.6) is 5.75 Å². The summed E-state index contributed by atoms with van der Waals surface area (Å²) in [5.74, 6) is 1.77. The Balaban J connectivity index is 1.47. The number of ether oxygens (including phenoxy) is 1. The molecule has 0 amide bonds. The van der Waals surface area contributed by atoms with Gasteiger partial charge in [0, 0.05) is 18.3 Å². The van der Waals surface area contributed by atoms with Crippen LogP contribution >= 0.6 is 0 Å². The Hall–Kier alpha value is -3.54. The molecule has 0 bridgehead atoms. The number of nitrogens with zero attached hydrogens (tertiary/aromatic N) is 3. The number of fused-ring (bicyclic) bond motifs is 2. The highest BCUT2D eigenvalue weighted by atomic mass is 16.5. The van der Waals surface area contributed by atoms with Gasteiger partial charge in [0.15, 0.2) is 12.4 Å². The lowest BCUT2D eigenvalue weighted by atomic mass is 10.1. The van der Waals surface area contributed by atoms with E-state index in [9.17, 15) is 0 Å². The molecular formula is C22H21N5O. The fourth-order valence-corrected chi connectivity index (χ4v) is 3.61. The topological polar surface area (TPSA) is 63.5 Å². The smallest absolute Gasteiger partial charge is 0.165 e. The number of anilines is 2. The summed E-state index contributed by atoms with van der Waals surface area (Å²) >= 11 is 0. The van der Waals surface area contributed by atoms with Crippen LogP contribution in [0.25, 0.3) is 16.8 Å². The third-order valence-electron chi connectivity index (χ3n) is 5.14. The van der Waals surface area contributed by atoms with Crippen LogP contribution in [-0.4, -0.2) is 21.3 Å². The Morgan fingerprint density at radius 3 is 2.96 bits per heavy atom. The van der Waals surface area contributed by atoms with Crippen molar-refractivity contribution in [2.45, 2.75) is 20.4 Å². The molecule has 0 radical (unpaired) electrons. The zero-order valence-corrected chi connectivity index (χ0v) is 15.9. The van der Waals surface area contributed by atoms with E-state index < -0.39 is 0 Å². The zero-order chi connectivity index (χ0) is 19.1. The molecule has 0 aliphatic carbocycles. The fourth-order valence-electron chi connectivity index (χ4n) is 3.61. The number of aryl methyl sites for hydroxylation is 2. The summed E-state index contributed by atoms with van der Waals surface area (Å²) in [6, 6.07) is 14.6. The Morgan fingerprint density at radius 1 is 1.14 bits per heavy atom. The van der Waals surface area contributed by atoms with Crippen LogP contribution in [0.15, 0.2) is 54.9 Å². The fraction of sp³-hybridized carbons (Fsp3) is 0.182. The Kier molecular flexibility index (Phi) is 3.90. The molecule has 5 rings (SSSR count). The second-order valence-electron chi connectivity index (χ2n) is 7.08. The molecule has 1 aliphatic rings. The van der Waals surface area contributed by atoms with Crippen molar-refractivity contribution in [2.75, 3.05) is 17.4 Å². The van der Waals surface area contributed by atoms with Gasteiger partial charge in [0.1, 0.15) is 11.6 Å². The molecule has 6 nitrogen and oxygen atoms in total. The number of benzene rings is 2. The normalized spacial score (nSPS) is 12.5. The summed E-state index contributed by atoms with van der Waals surface area (Å²) in [5, 5.41) is 11.3. The van der Waals surface area contributed by atoms with Gasteiger partial charge in [-0.05, 0) is 48.7 Å². The lowest BCUT2D eigenvalue weighted by Crippen LogP contribution is -2.06. The third kappa shape index (κ3) is 2.83. The van der Waals surface area contributed by atoms with Gasteiger partial charge in [0.05, 0.1) is 11.9 Å². The second-order valence-corrected chi connectivity index (χ2v) is 7.08. The monoisotopic (exact) mass is 371 g/mol. The van der Waals surface area contributed by atoms with E-state index in [2.05, 4.69) is 58.8 Å². The summed E-state index contributed by atoms with van der Waals surface area (Å²) in [6.07, 6.45) is 3.67. The van der Waals surface area contributed by atoms with Gasteiger partial charge in [0.2, 0.25) is 0 Å². The molecule has 0 fully saturated rings. The van der Waals surface area contributed by atoms with Crippen LogP contribution in [0, 0.1) is 13.8 Å². The molecule has 0 spiro atoms. The van der Waals surface area contributed by atoms with Gasteiger partial charge in [-0.3, -0.25) is 0 Å². The van der Waals surface area contributed by atoms with Crippen molar-refractivity contribution in [2.24, 2.45) is 0 Å². The van der Waals surface area contributed by atoms with Gasteiger partial charge >= 0.3 is 0 Å². The first-order valence-corrected chi connectivity index (χ1v) is 9.33. The lowest BCUT2D eigenvalue weighted by Gasteiger charge is -2.11. The average Bonchev–Trinajstić information content (AvgIpc) is 3.33. The first-order valence-electron chi connectivity index (χ1n) is 9.33. The average molecular weight is 371 g/mol. The van der Waals surface area contributed by atoms with E-state index in [0.717, 1.165) is 40.6 Å². The van der Waals surface area contributed by atoms with E-state index in [4.69, 9.17) is 4.74 Å². The predicted molar refractivity (Wildman–Crippen MR) is 111 cm³/mol. The first-order chi connectivity index (χ1) is 13.7. The van der Waals surface area contributed by atoms with E-state index >= 15 is 0 Å². The molecule has 0 unspecified atom stereocenters. The lowest BCUT2D eigenvalue weighted by molar-refractivity contribution is 0.372. The van der Waals surface area contributed by atoms with E-state index in [-0.39, 0.29) is 0 Å². The van der Waals surface area contributed by atoms with Crippen LogP contribution in [0.1, 0.15) is 16.7 Å². The zero-order valence-electron chi connectivity index (χ0n) is 15.9. The highest BCUT2D eigenvalue weighted by Crippen LogP contribution is 2.35. The summed E-state index contributed by atoms with van der Waals surface area (Å²) in [7, 11) is 0. The van der Waals surface area contributed by atoms with Crippen LogP contribution in [0.4, 0.5) is 11.5 Å². The molecule has 0 atom stereocenters. The third-order valence-corrected chi connectivity index (χ3v) is 5.14. The minimum absolute atomic E-state index is 0.512. The molecule has 3 heterocycles. The van der Waals surface area contributed by atoms with Crippen molar-refractivity contribution in [3.05, 3.63) is 71.5 Å². The summed E-state index contributed by atoms with van der Waals surface area (Å²) in [5.41, 5.74) is 7.68. The summed E-state index contributed by atoms with van der Waals surface area (Å²) in [4.78, 5) is 4.56. The Morgan fingerprint density at radius 2 is 2.07 bits per heavy atom. The van der Waals surface area contributed by atoms with Gasteiger partial charge in [-0.15, -0.1) is 0 Å². The summed E-state index contributed by atoms with van der Waals surface area (Å²) in [6.45, 7) is 5.50. The number of nitrogens with one attached hydrogen (secondary N) is 2. The van der Waals surface area contributed by atoms with Gasteiger partial charge < -0.3 is 15.4 Å². The Labute approximate surface area is 163 Å². The van der Waals surface area contributed by atoms with E-state index in [1.165, 1.54) is 16.7 Å². The predicted octanol–water partition coefficient (Wildman–Crippen LogP) is 4.39.